The molecule has 28 heavy (non-hydrogen) atoms. The lowest BCUT2D eigenvalue weighted by molar-refractivity contribution is -0.207. The van der Waals surface area contributed by atoms with Crippen LogP contribution in [0, 0.1) is 19.3 Å². The van der Waals surface area contributed by atoms with Crippen molar-refractivity contribution in [3.8, 4) is 0 Å². The zero-order chi connectivity index (χ0) is 19.9. The number of benzene rings is 1. The van der Waals surface area contributed by atoms with Crippen LogP contribution in [-0.2, 0) is 4.74 Å². The highest BCUT2D eigenvalue weighted by Gasteiger charge is 2.56. The minimum Gasteiger partial charge on any atom is -0.392 e. The summed E-state index contributed by atoms with van der Waals surface area (Å²) in [6.07, 6.45) is 1.89. The van der Waals surface area contributed by atoms with Crippen LogP contribution in [0.3, 0.4) is 0 Å². The fraction of sp³-hybridized carbons (Fsp3) is 0.545. The van der Waals surface area contributed by atoms with E-state index in [1.165, 1.54) is 0 Å². The number of hydrogen-bond acceptors (Lipinski definition) is 5. The van der Waals surface area contributed by atoms with Crippen LogP contribution in [0.2, 0.25) is 0 Å². The SMILES string of the molecule is Cc1cc(C(=O)N2CCC3(CC2)C(O)CC3OCCN)c2cccc(C)c2n1. The summed E-state index contributed by atoms with van der Waals surface area (Å²) in [7, 11) is 0. The van der Waals surface area contributed by atoms with Crippen LogP contribution < -0.4 is 5.73 Å². The van der Waals surface area contributed by atoms with Crippen LogP contribution in [0.15, 0.2) is 24.3 Å². The number of aliphatic hydroxyl groups excluding tert-OH is 1. The second-order valence-corrected chi connectivity index (χ2v) is 8.21. The highest BCUT2D eigenvalue weighted by molar-refractivity contribution is 6.06. The quantitative estimate of drug-likeness (QED) is 0.845. The Balaban J connectivity index is 1.54. The predicted molar refractivity (Wildman–Crippen MR) is 108 cm³/mol. The Morgan fingerprint density at radius 1 is 1.36 bits per heavy atom. The van der Waals surface area contributed by atoms with Gasteiger partial charge in [0, 0.05) is 42.6 Å². The smallest absolute Gasteiger partial charge is 0.254 e. The molecular formula is C22H29N3O3. The Bertz CT molecular complexity index is 890. The zero-order valence-corrected chi connectivity index (χ0v) is 16.6. The van der Waals surface area contributed by atoms with Crippen molar-refractivity contribution >= 4 is 16.8 Å². The number of likely N-dealkylation sites (tertiary alicyclic amines) is 1. The van der Waals surface area contributed by atoms with E-state index in [4.69, 9.17) is 10.5 Å². The molecule has 1 saturated carbocycles. The van der Waals surface area contributed by atoms with Crippen molar-refractivity contribution in [3.63, 3.8) is 0 Å². The van der Waals surface area contributed by atoms with Crippen molar-refractivity contribution in [2.75, 3.05) is 26.2 Å². The highest BCUT2D eigenvalue weighted by Crippen LogP contribution is 2.51. The molecule has 1 aliphatic carbocycles. The van der Waals surface area contributed by atoms with Gasteiger partial charge in [-0.2, -0.15) is 0 Å². The maximum absolute atomic E-state index is 13.3. The van der Waals surface area contributed by atoms with Crippen LogP contribution in [0.4, 0.5) is 0 Å². The minimum absolute atomic E-state index is 0.0455. The molecule has 1 spiro atoms. The molecule has 150 valence electrons. The van der Waals surface area contributed by atoms with Gasteiger partial charge in [0.2, 0.25) is 0 Å². The monoisotopic (exact) mass is 383 g/mol. The molecule has 6 nitrogen and oxygen atoms in total. The number of aromatic nitrogens is 1. The molecule has 1 aliphatic heterocycles. The average Bonchev–Trinajstić information content (AvgIpc) is 2.70. The number of hydrogen-bond donors (Lipinski definition) is 2. The van der Waals surface area contributed by atoms with Gasteiger partial charge in [-0.1, -0.05) is 18.2 Å². The second-order valence-electron chi connectivity index (χ2n) is 8.21. The first-order valence-electron chi connectivity index (χ1n) is 10.1. The van der Waals surface area contributed by atoms with Crippen molar-refractivity contribution in [2.24, 2.45) is 11.1 Å². The largest absolute Gasteiger partial charge is 0.392 e. The lowest BCUT2D eigenvalue weighted by Crippen LogP contribution is -2.62. The topological polar surface area (TPSA) is 88.7 Å². The van der Waals surface area contributed by atoms with Gasteiger partial charge >= 0.3 is 0 Å². The Hall–Kier alpha value is -2.02. The predicted octanol–water partition coefficient (Wildman–Crippen LogP) is 2.18. The molecule has 2 unspecified atom stereocenters. The van der Waals surface area contributed by atoms with E-state index in [1.54, 1.807) is 0 Å². The summed E-state index contributed by atoms with van der Waals surface area (Å²) in [6, 6.07) is 7.85. The van der Waals surface area contributed by atoms with Crippen molar-refractivity contribution < 1.29 is 14.6 Å². The summed E-state index contributed by atoms with van der Waals surface area (Å²) in [6.45, 7) is 6.22. The van der Waals surface area contributed by atoms with Crippen molar-refractivity contribution in [3.05, 3.63) is 41.1 Å². The minimum atomic E-state index is -0.348. The molecule has 3 N–H and O–H groups in total. The number of aryl methyl sites for hydroxylation is 2. The van der Waals surface area contributed by atoms with Gasteiger partial charge in [-0.25, -0.2) is 0 Å². The number of fused-ring (bicyclic) bond motifs is 1. The average molecular weight is 383 g/mol. The van der Waals surface area contributed by atoms with E-state index in [9.17, 15) is 9.90 Å². The highest BCUT2D eigenvalue weighted by atomic mass is 16.5. The van der Waals surface area contributed by atoms with Gasteiger partial charge in [0.1, 0.15) is 0 Å². The van der Waals surface area contributed by atoms with E-state index in [0.717, 1.165) is 35.0 Å². The summed E-state index contributed by atoms with van der Waals surface area (Å²) in [5.41, 5.74) is 8.87. The summed E-state index contributed by atoms with van der Waals surface area (Å²) in [5, 5.41) is 11.3. The van der Waals surface area contributed by atoms with Gasteiger partial charge in [-0.3, -0.25) is 9.78 Å². The molecule has 2 heterocycles. The summed E-state index contributed by atoms with van der Waals surface area (Å²) >= 11 is 0. The van der Waals surface area contributed by atoms with Gasteiger partial charge < -0.3 is 20.5 Å². The van der Waals surface area contributed by atoms with Gasteiger partial charge in [-0.05, 0) is 38.3 Å². The number of nitrogens with two attached hydrogens (primary N) is 1. The number of ether oxygens (including phenoxy) is 1. The van der Waals surface area contributed by atoms with E-state index in [2.05, 4.69) is 4.98 Å². The number of pyridine rings is 1. The molecule has 2 atom stereocenters. The van der Waals surface area contributed by atoms with E-state index < -0.39 is 0 Å². The number of aliphatic hydroxyl groups is 1. The molecule has 2 aliphatic rings. The van der Waals surface area contributed by atoms with Crippen molar-refractivity contribution in [1.29, 1.82) is 0 Å². The Morgan fingerprint density at radius 2 is 2.11 bits per heavy atom. The summed E-state index contributed by atoms with van der Waals surface area (Å²) < 4.78 is 5.86. The zero-order valence-electron chi connectivity index (χ0n) is 16.6. The molecule has 1 amide bonds. The molecular weight excluding hydrogens is 354 g/mol. The number of carbonyl (C=O) groups is 1. The number of para-hydroxylation sites is 1. The maximum atomic E-state index is 13.3. The van der Waals surface area contributed by atoms with Gasteiger partial charge in [0.25, 0.3) is 5.91 Å². The molecule has 0 bridgehead atoms. The van der Waals surface area contributed by atoms with Gasteiger partial charge in [0.15, 0.2) is 0 Å². The molecule has 1 saturated heterocycles. The first kappa shape index (κ1) is 19.3. The first-order valence-corrected chi connectivity index (χ1v) is 10.1. The molecule has 2 aromatic rings. The first-order chi connectivity index (χ1) is 13.5. The number of piperidine rings is 1. The van der Waals surface area contributed by atoms with Gasteiger partial charge in [-0.15, -0.1) is 0 Å². The van der Waals surface area contributed by atoms with E-state index in [-0.39, 0.29) is 23.5 Å². The van der Waals surface area contributed by atoms with E-state index in [0.29, 0.717) is 38.2 Å². The van der Waals surface area contributed by atoms with Crippen LogP contribution in [-0.4, -0.2) is 59.3 Å². The third-order valence-corrected chi connectivity index (χ3v) is 6.56. The van der Waals surface area contributed by atoms with Crippen LogP contribution >= 0.6 is 0 Å². The Morgan fingerprint density at radius 3 is 2.79 bits per heavy atom. The molecule has 2 fully saturated rings. The molecule has 6 heteroatoms. The normalized spacial score (nSPS) is 23.8. The van der Waals surface area contributed by atoms with E-state index >= 15 is 0 Å². The number of amides is 1. The number of nitrogens with zero attached hydrogens (tertiary/aromatic N) is 2. The fourth-order valence-corrected chi connectivity index (χ4v) is 4.82. The fourth-order valence-electron chi connectivity index (χ4n) is 4.82. The third-order valence-electron chi connectivity index (χ3n) is 6.56. The third kappa shape index (κ3) is 3.09. The summed E-state index contributed by atoms with van der Waals surface area (Å²) in [4.78, 5) is 19.9. The number of carbonyl (C=O) groups excluding carboxylic acids is 1. The van der Waals surface area contributed by atoms with Crippen LogP contribution in [0.1, 0.15) is 40.9 Å². The van der Waals surface area contributed by atoms with Crippen molar-refractivity contribution in [2.45, 2.75) is 45.3 Å². The standard InChI is InChI=1S/C22H29N3O3/c1-14-4-3-5-16-17(12-15(2)24-20(14)16)21(27)25-9-6-22(7-10-25)18(26)13-19(22)28-11-8-23/h3-5,12,18-19,26H,6-11,13,23H2,1-2H3. The molecule has 1 aromatic heterocycles. The maximum Gasteiger partial charge on any atom is 0.254 e. The number of rotatable bonds is 4. The van der Waals surface area contributed by atoms with Crippen LogP contribution in [0.5, 0.6) is 0 Å². The molecule has 0 radical (unpaired) electrons. The lowest BCUT2D eigenvalue weighted by Gasteiger charge is -2.56. The molecule has 1 aromatic carbocycles. The lowest BCUT2D eigenvalue weighted by atomic mass is 9.58. The Labute approximate surface area is 165 Å². The summed E-state index contributed by atoms with van der Waals surface area (Å²) in [5.74, 6) is 0.0455. The van der Waals surface area contributed by atoms with Crippen molar-refractivity contribution in [1.82, 2.24) is 9.88 Å². The van der Waals surface area contributed by atoms with E-state index in [1.807, 2.05) is 43.0 Å². The van der Waals surface area contributed by atoms with Gasteiger partial charge in [0.05, 0.1) is 29.9 Å². The molecule has 4 rings (SSSR count). The second kappa shape index (κ2) is 7.43. The Kier molecular flexibility index (Phi) is 5.12. The van der Waals surface area contributed by atoms with Crippen LogP contribution in [0.25, 0.3) is 10.9 Å².